The molecule has 1 aliphatic rings. The second kappa shape index (κ2) is 7.40. The second-order valence-corrected chi connectivity index (χ2v) is 8.14. The van der Waals surface area contributed by atoms with E-state index < -0.39 is 17.8 Å². The Balaban J connectivity index is 1.60. The summed E-state index contributed by atoms with van der Waals surface area (Å²) in [4.78, 5) is 17.7. The van der Waals surface area contributed by atoms with Gasteiger partial charge in [0.15, 0.2) is 17.2 Å². The highest BCUT2D eigenvalue weighted by Crippen LogP contribution is 2.42. The molecule has 0 fully saturated rings. The number of halogens is 3. The molecule has 9 nitrogen and oxygen atoms in total. The molecule has 1 amide bonds. The fourth-order valence-corrected chi connectivity index (χ4v) is 4.71. The van der Waals surface area contributed by atoms with E-state index >= 15 is 0 Å². The van der Waals surface area contributed by atoms with E-state index in [1.54, 1.807) is 24.4 Å². The van der Waals surface area contributed by atoms with E-state index in [1.165, 1.54) is 6.20 Å². The third-order valence-corrected chi connectivity index (χ3v) is 6.12. The maximum absolute atomic E-state index is 13.6. The zero-order valence-corrected chi connectivity index (χ0v) is 17.5. The molecule has 0 aliphatic heterocycles. The Morgan fingerprint density at radius 3 is 2.56 bits per heavy atom. The quantitative estimate of drug-likeness (QED) is 0.314. The lowest BCUT2D eigenvalue weighted by Crippen LogP contribution is -2.14. The van der Waals surface area contributed by atoms with Crippen LogP contribution in [0.2, 0.25) is 0 Å². The molecule has 6 rings (SSSR count). The summed E-state index contributed by atoms with van der Waals surface area (Å²) in [6.07, 6.45) is 1.17. The number of carbonyl (C=O) groups excluding carboxylic acids is 1. The number of nitrogens with zero attached hydrogens (tertiary/aromatic N) is 4. The molecule has 0 saturated carbocycles. The van der Waals surface area contributed by atoms with E-state index in [0.29, 0.717) is 35.1 Å². The molecule has 0 spiro atoms. The highest BCUT2D eigenvalue weighted by Gasteiger charge is 2.38. The topological polar surface area (TPSA) is 128 Å². The van der Waals surface area contributed by atoms with Gasteiger partial charge in [0.05, 0.1) is 22.3 Å². The minimum absolute atomic E-state index is 0.0728. The first-order chi connectivity index (χ1) is 16.4. The summed E-state index contributed by atoms with van der Waals surface area (Å²) in [5, 5.41) is 23.5. The van der Waals surface area contributed by atoms with Crippen LogP contribution in [0.4, 0.5) is 19.0 Å². The first-order valence-corrected chi connectivity index (χ1v) is 10.7. The molecule has 1 aliphatic carbocycles. The van der Waals surface area contributed by atoms with Crippen LogP contribution >= 0.6 is 0 Å². The molecule has 0 radical (unpaired) electrons. The van der Waals surface area contributed by atoms with Gasteiger partial charge in [0.25, 0.3) is 5.91 Å². The van der Waals surface area contributed by atoms with E-state index in [4.69, 9.17) is 0 Å². The number of carbonyl (C=O) groups is 1. The summed E-state index contributed by atoms with van der Waals surface area (Å²) in [6, 6.07) is 5.07. The van der Waals surface area contributed by atoms with Crippen LogP contribution in [0.5, 0.6) is 0 Å². The van der Waals surface area contributed by atoms with Crippen LogP contribution in [0.1, 0.15) is 40.2 Å². The number of anilines is 1. The zero-order chi connectivity index (χ0) is 23.4. The highest BCUT2D eigenvalue weighted by atomic mass is 19.4. The largest absolute Gasteiger partial charge is 0.435 e. The Morgan fingerprint density at radius 2 is 1.79 bits per heavy atom. The average molecular weight is 466 g/mol. The standard InChI is InChI=1S/C22H17F3N8O/c23-22(24,25)20-12(9-27-33-20)18-11-4-2-1-3-10(11)16-13(28-18)5-6-14-17(16)19(32-30-14)21(34)29-15-7-8-26-31-15/h5-9H,1-4H2,(H,27,33)(H,30,32)(H2,26,29,31,34). The predicted octanol–water partition coefficient (Wildman–Crippen LogP) is 4.37. The Morgan fingerprint density at radius 1 is 0.971 bits per heavy atom. The van der Waals surface area contributed by atoms with Crippen LogP contribution < -0.4 is 5.32 Å². The summed E-state index contributed by atoms with van der Waals surface area (Å²) in [7, 11) is 0. The van der Waals surface area contributed by atoms with E-state index in [2.05, 4.69) is 40.9 Å². The first kappa shape index (κ1) is 20.4. The lowest BCUT2D eigenvalue weighted by atomic mass is 9.85. The molecule has 4 heterocycles. The van der Waals surface area contributed by atoms with Gasteiger partial charge >= 0.3 is 6.18 Å². The van der Waals surface area contributed by atoms with Crippen molar-refractivity contribution in [1.29, 1.82) is 0 Å². The predicted molar refractivity (Wildman–Crippen MR) is 117 cm³/mol. The Hall–Kier alpha value is -4.22. The number of H-pyrrole nitrogens is 3. The van der Waals surface area contributed by atoms with Gasteiger partial charge in [0.2, 0.25) is 0 Å². The minimum atomic E-state index is -4.61. The van der Waals surface area contributed by atoms with Gasteiger partial charge in [-0.1, -0.05) is 0 Å². The number of aryl methyl sites for hydroxylation is 1. The van der Waals surface area contributed by atoms with Crippen LogP contribution in [0.25, 0.3) is 33.1 Å². The molecule has 0 atom stereocenters. The second-order valence-electron chi connectivity index (χ2n) is 8.14. The third-order valence-electron chi connectivity index (χ3n) is 6.12. The SMILES string of the molecule is O=C(Nc1cc[nH]n1)c1n[nH]c2ccc3nc(-c4c[nH]nc4C(F)(F)F)c4c(c3c12)CCCC4. The molecule has 1 aromatic carbocycles. The van der Waals surface area contributed by atoms with Crippen LogP contribution in [0.15, 0.2) is 30.6 Å². The van der Waals surface area contributed by atoms with Crippen molar-refractivity contribution in [2.45, 2.75) is 31.9 Å². The van der Waals surface area contributed by atoms with Gasteiger partial charge in [-0.25, -0.2) is 4.98 Å². The van der Waals surface area contributed by atoms with Gasteiger partial charge in [-0.3, -0.25) is 20.1 Å². The van der Waals surface area contributed by atoms with Gasteiger partial charge in [0.1, 0.15) is 0 Å². The number of nitrogens with one attached hydrogen (secondary N) is 4. The number of rotatable bonds is 3. The number of aromatic nitrogens is 7. The molecule has 0 bridgehead atoms. The fraction of sp³-hybridized carbons (Fsp3) is 0.227. The van der Waals surface area contributed by atoms with Crippen molar-refractivity contribution in [2.24, 2.45) is 0 Å². The van der Waals surface area contributed by atoms with Crippen LogP contribution in [0.3, 0.4) is 0 Å². The highest BCUT2D eigenvalue weighted by molar-refractivity contribution is 6.19. The van der Waals surface area contributed by atoms with Crippen molar-refractivity contribution in [3.05, 3.63) is 53.1 Å². The molecule has 172 valence electrons. The smallest absolute Gasteiger partial charge is 0.304 e. The molecule has 34 heavy (non-hydrogen) atoms. The van der Waals surface area contributed by atoms with E-state index in [1.807, 2.05) is 0 Å². The van der Waals surface area contributed by atoms with E-state index in [0.717, 1.165) is 29.4 Å². The van der Waals surface area contributed by atoms with Crippen LogP contribution in [-0.2, 0) is 19.0 Å². The summed E-state index contributed by atoms with van der Waals surface area (Å²) in [5.41, 5.74) is 2.15. The van der Waals surface area contributed by atoms with E-state index in [-0.39, 0.29) is 17.0 Å². The minimum Gasteiger partial charge on any atom is -0.304 e. The van der Waals surface area contributed by atoms with Gasteiger partial charge in [-0.2, -0.15) is 28.5 Å². The van der Waals surface area contributed by atoms with Crippen molar-refractivity contribution >= 4 is 33.5 Å². The van der Waals surface area contributed by atoms with Crippen LogP contribution in [-0.4, -0.2) is 41.5 Å². The summed E-state index contributed by atoms with van der Waals surface area (Å²) in [5.74, 6) is -0.0999. The number of amides is 1. The Kier molecular flexibility index (Phi) is 4.44. The maximum Gasteiger partial charge on any atom is 0.435 e. The van der Waals surface area contributed by atoms with Crippen molar-refractivity contribution in [3.8, 4) is 11.3 Å². The molecular formula is C22H17F3N8O. The molecule has 4 aromatic heterocycles. The van der Waals surface area contributed by atoms with E-state index in [9.17, 15) is 18.0 Å². The number of aromatic amines is 3. The Bertz CT molecular complexity index is 1550. The molecule has 12 heteroatoms. The monoisotopic (exact) mass is 466 g/mol. The van der Waals surface area contributed by atoms with Gasteiger partial charge in [0, 0.05) is 29.2 Å². The van der Waals surface area contributed by atoms with Crippen molar-refractivity contribution in [2.75, 3.05) is 5.32 Å². The molecular weight excluding hydrogens is 449 g/mol. The zero-order valence-electron chi connectivity index (χ0n) is 17.5. The summed E-state index contributed by atoms with van der Waals surface area (Å²) >= 11 is 0. The lowest BCUT2D eigenvalue weighted by molar-refractivity contribution is -0.140. The number of hydrogen-bond donors (Lipinski definition) is 4. The lowest BCUT2D eigenvalue weighted by Gasteiger charge is -2.22. The normalized spacial score (nSPS) is 14.0. The number of hydrogen-bond acceptors (Lipinski definition) is 5. The van der Waals surface area contributed by atoms with Crippen molar-refractivity contribution in [1.82, 2.24) is 35.6 Å². The average Bonchev–Trinajstić information content (AvgIpc) is 3.58. The third kappa shape index (κ3) is 3.13. The number of benzene rings is 1. The number of pyridine rings is 1. The molecule has 4 N–H and O–H groups in total. The summed E-state index contributed by atoms with van der Waals surface area (Å²) < 4.78 is 40.8. The summed E-state index contributed by atoms with van der Waals surface area (Å²) in [6.45, 7) is 0. The van der Waals surface area contributed by atoms with Crippen molar-refractivity contribution in [3.63, 3.8) is 0 Å². The van der Waals surface area contributed by atoms with Crippen molar-refractivity contribution < 1.29 is 18.0 Å². The van der Waals surface area contributed by atoms with Gasteiger partial charge < -0.3 is 5.32 Å². The van der Waals surface area contributed by atoms with Gasteiger partial charge in [-0.05, 0) is 48.9 Å². The molecule has 5 aromatic rings. The molecule has 0 unspecified atom stereocenters. The van der Waals surface area contributed by atoms with Gasteiger partial charge in [-0.15, -0.1) is 0 Å². The number of fused-ring (bicyclic) bond motifs is 5. The molecule has 0 saturated heterocycles. The fourth-order valence-electron chi connectivity index (χ4n) is 4.71. The Labute approximate surface area is 189 Å². The number of alkyl halides is 3. The maximum atomic E-state index is 13.6. The van der Waals surface area contributed by atoms with Crippen LogP contribution in [0, 0.1) is 0 Å². The first-order valence-electron chi connectivity index (χ1n) is 10.7.